The number of fused-ring (bicyclic) bond motifs is 1. The van der Waals surface area contributed by atoms with Gasteiger partial charge in [-0.15, -0.1) is 0 Å². The lowest BCUT2D eigenvalue weighted by molar-refractivity contribution is -0.146. The highest BCUT2D eigenvalue weighted by Gasteiger charge is 2.42. The number of hydrogen-bond donors (Lipinski definition) is 5. The van der Waals surface area contributed by atoms with Gasteiger partial charge in [0.25, 0.3) is 0 Å². The largest absolute Gasteiger partial charge is 0.504 e. The van der Waals surface area contributed by atoms with Gasteiger partial charge in [-0.3, -0.25) is 14.4 Å². The second-order valence-corrected chi connectivity index (χ2v) is 12.3. The summed E-state index contributed by atoms with van der Waals surface area (Å²) in [6.07, 6.45) is 5.14. The molecule has 0 spiro atoms. The highest BCUT2D eigenvalue weighted by atomic mass is 32.2. The van der Waals surface area contributed by atoms with Gasteiger partial charge in [-0.25, -0.2) is 4.79 Å². The van der Waals surface area contributed by atoms with Gasteiger partial charge in [-0.1, -0.05) is 12.5 Å². The second kappa shape index (κ2) is 20.9. The van der Waals surface area contributed by atoms with E-state index in [9.17, 15) is 29.4 Å². The maximum Gasteiger partial charge on any atom is 0.315 e. The number of carbonyl (C=O) groups is 4. The zero-order chi connectivity index (χ0) is 32.3. The van der Waals surface area contributed by atoms with Crippen LogP contribution in [0.25, 0.3) is 0 Å². The maximum absolute atomic E-state index is 12.1. The second-order valence-electron chi connectivity index (χ2n) is 11.0. The summed E-state index contributed by atoms with van der Waals surface area (Å²) in [6.45, 7) is 2.74. The van der Waals surface area contributed by atoms with Crippen molar-refractivity contribution in [3.63, 3.8) is 0 Å². The fourth-order valence-electron chi connectivity index (χ4n) is 5.01. The molecule has 252 valence electrons. The van der Waals surface area contributed by atoms with Crippen LogP contribution in [0.1, 0.15) is 56.9 Å². The molecule has 2 fully saturated rings. The molecule has 45 heavy (non-hydrogen) atoms. The highest BCUT2D eigenvalue weighted by Crippen LogP contribution is 2.33. The number of thioether (sulfide) groups is 1. The van der Waals surface area contributed by atoms with E-state index < -0.39 is 5.97 Å². The fourth-order valence-corrected chi connectivity index (χ4v) is 6.55. The van der Waals surface area contributed by atoms with Crippen LogP contribution in [0.15, 0.2) is 18.2 Å². The lowest BCUT2D eigenvalue weighted by Crippen LogP contribution is -2.36. The molecule has 2 aliphatic rings. The number of nitrogens with one attached hydrogen (secondary N) is 3. The number of ketones is 1. The number of amides is 3. The normalized spacial score (nSPS) is 18.7. The topological polar surface area (TPSA) is 182 Å². The van der Waals surface area contributed by atoms with Crippen LogP contribution in [0.4, 0.5) is 4.79 Å². The highest BCUT2D eigenvalue weighted by molar-refractivity contribution is 8.00. The van der Waals surface area contributed by atoms with E-state index in [1.807, 2.05) is 11.8 Å². The molecule has 3 atom stereocenters. The lowest BCUT2D eigenvalue weighted by atomic mass is 10.0. The summed E-state index contributed by atoms with van der Waals surface area (Å²) < 4.78 is 21.4. The van der Waals surface area contributed by atoms with E-state index in [1.165, 1.54) is 12.1 Å². The van der Waals surface area contributed by atoms with Crippen molar-refractivity contribution in [1.29, 1.82) is 0 Å². The van der Waals surface area contributed by atoms with Crippen molar-refractivity contribution in [3.8, 4) is 11.5 Å². The van der Waals surface area contributed by atoms with E-state index in [4.69, 9.17) is 18.9 Å². The van der Waals surface area contributed by atoms with E-state index in [-0.39, 0.29) is 67.4 Å². The van der Waals surface area contributed by atoms with Crippen LogP contribution in [0.5, 0.6) is 11.5 Å². The molecule has 13 nitrogen and oxygen atoms in total. The molecule has 2 heterocycles. The Labute approximate surface area is 268 Å². The Bertz CT molecular complexity index is 1090. The molecule has 1 aromatic carbocycles. The Morgan fingerprint density at radius 1 is 0.844 bits per heavy atom. The summed E-state index contributed by atoms with van der Waals surface area (Å²) in [5.41, 5.74) is 0.764. The van der Waals surface area contributed by atoms with E-state index in [2.05, 4.69) is 16.0 Å². The Balaban J connectivity index is 1.02. The van der Waals surface area contributed by atoms with Crippen LogP contribution in [-0.4, -0.2) is 110 Å². The van der Waals surface area contributed by atoms with Crippen LogP contribution < -0.4 is 16.0 Å². The summed E-state index contributed by atoms with van der Waals surface area (Å²) >= 11 is 1.90. The number of phenolic OH excluding ortho intramolecular Hbond substituents is 2. The van der Waals surface area contributed by atoms with Crippen LogP contribution >= 0.6 is 11.8 Å². The first-order chi connectivity index (χ1) is 21.8. The maximum atomic E-state index is 12.1. The molecule has 0 aliphatic carbocycles. The van der Waals surface area contributed by atoms with Crippen molar-refractivity contribution in [2.75, 3.05) is 58.5 Å². The number of ether oxygens (including phenoxy) is 4. The molecule has 0 saturated carbocycles. The SMILES string of the molecule is O=C(CCCC[C@H]1SC[C@H]2NC(=O)N[C@H]21)CCCOCCOCCOCCOC(=O)CCC(=O)NCCc1ccc(O)c(O)c1. The van der Waals surface area contributed by atoms with Gasteiger partial charge in [0.2, 0.25) is 5.91 Å². The van der Waals surface area contributed by atoms with Crippen LogP contribution in [0, 0.1) is 0 Å². The van der Waals surface area contributed by atoms with Gasteiger partial charge < -0.3 is 45.1 Å². The Hall–Kier alpha value is -3.07. The first kappa shape index (κ1) is 36.4. The van der Waals surface area contributed by atoms with E-state index in [1.54, 1.807) is 6.07 Å². The Morgan fingerprint density at radius 2 is 1.56 bits per heavy atom. The number of aromatic hydroxyl groups is 2. The standard InChI is InChI=1S/C31H47N3O10S/c35-23(4-1-2-6-27-30-24(21-45-27)33-31(40)34-30)5-3-13-41-14-15-42-16-17-43-18-19-44-29(39)10-9-28(38)32-12-11-22-7-8-25(36)26(37)20-22/h7-8,20,24,27,30,36-37H,1-6,9-19,21H2,(H,32,38)(H2,33,34,40)/t24-,27-,30-/m1/s1. The predicted octanol–water partition coefficient (Wildman–Crippen LogP) is 2.20. The number of carbonyl (C=O) groups excluding carboxylic acids is 4. The predicted molar refractivity (Wildman–Crippen MR) is 167 cm³/mol. The monoisotopic (exact) mass is 653 g/mol. The minimum atomic E-state index is -0.483. The Kier molecular flexibility index (Phi) is 16.9. The number of Topliss-reactive ketones (excluding diaryl/α,β-unsaturated/α-hetero) is 1. The van der Waals surface area contributed by atoms with Crippen molar-refractivity contribution in [2.45, 2.75) is 75.1 Å². The van der Waals surface area contributed by atoms with Crippen molar-refractivity contribution in [3.05, 3.63) is 23.8 Å². The summed E-state index contributed by atoms with van der Waals surface area (Å²) in [6, 6.07) is 4.87. The Morgan fingerprint density at radius 3 is 2.31 bits per heavy atom. The van der Waals surface area contributed by atoms with Gasteiger partial charge in [-0.05, 0) is 43.4 Å². The van der Waals surface area contributed by atoms with Gasteiger partial charge in [0.15, 0.2) is 11.5 Å². The summed E-state index contributed by atoms with van der Waals surface area (Å²) in [4.78, 5) is 47.2. The van der Waals surface area contributed by atoms with Crippen molar-refractivity contribution >= 4 is 35.5 Å². The van der Waals surface area contributed by atoms with Gasteiger partial charge in [0.1, 0.15) is 12.4 Å². The molecular weight excluding hydrogens is 606 g/mol. The molecule has 5 N–H and O–H groups in total. The average molecular weight is 654 g/mol. The molecule has 2 aliphatic heterocycles. The van der Waals surface area contributed by atoms with Crippen molar-refractivity contribution < 1.29 is 48.3 Å². The number of hydrogen-bond acceptors (Lipinski definition) is 11. The van der Waals surface area contributed by atoms with Crippen LogP contribution in [-0.2, 0) is 39.8 Å². The molecule has 3 amide bonds. The zero-order valence-corrected chi connectivity index (χ0v) is 26.6. The van der Waals surface area contributed by atoms with Gasteiger partial charge >= 0.3 is 12.0 Å². The molecule has 2 saturated heterocycles. The smallest absolute Gasteiger partial charge is 0.315 e. The van der Waals surface area contributed by atoms with Crippen LogP contribution in [0.3, 0.4) is 0 Å². The summed E-state index contributed by atoms with van der Waals surface area (Å²) in [5, 5.41) is 27.9. The average Bonchev–Trinajstić information content (AvgIpc) is 3.57. The number of esters is 1. The van der Waals surface area contributed by atoms with Gasteiger partial charge in [-0.2, -0.15) is 11.8 Å². The first-order valence-corrected chi connectivity index (χ1v) is 16.7. The van der Waals surface area contributed by atoms with Crippen LogP contribution in [0.2, 0.25) is 0 Å². The molecule has 0 unspecified atom stereocenters. The number of benzene rings is 1. The van der Waals surface area contributed by atoms with Crippen molar-refractivity contribution in [2.24, 2.45) is 0 Å². The number of unbranched alkanes of at least 4 members (excludes halogenated alkanes) is 1. The first-order valence-electron chi connectivity index (χ1n) is 15.7. The van der Waals surface area contributed by atoms with Gasteiger partial charge in [0.05, 0.1) is 51.5 Å². The third-order valence-electron chi connectivity index (χ3n) is 7.44. The van der Waals surface area contributed by atoms with E-state index in [0.29, 0.717) is 70.5 Å². The third-order valence-corrected chi connectivity index (χ3v) is 8.95. The minimum Gasteiger partial charge on any atom is -0.504 e. The number of phenols is 2. The fraction of sp³-hybridized carbons (Fsp3) is 0.677. The van der Waals surface area contributed by atoms with Crippen molar-refractivity contribution in [1.82, 2.24) is 16.0 Å². The lowest BCUT2D eigenvalue weighted by Gasteiger charge is -2.16. The van der Waals surface area contributed by atoms with Gasteiger partial charge in [0, 0.05) is 43.4 Å². The molecule has 14 heteroatoms. The third kappa shape index (κ3) is 14.7. The molecule has 0 aromatic heterocycles. The number of rotatable bonds is 24. The quantitative estimate of drug-likeness (QED) is 0.0478. The molecule has 0 radical (unpaired) electrons. The minimum absolute atomic E-state index is 0.00915. The molecule has 1 aromatic rings. The molecule has 3 rings (SSSR count). The molecular formula is C31H47N3O10S. The van der Waals surface area contributed by atoms with E-state index in [0.717, 1.165) is 30.6 Å². The summed E-state index contributed by atoms with van der Waals surface area (Å²) in [5.74, 6) is 0.0469. The number of urea groups is 1. The summed E-state index contributed by atoms with van der Waals surface area (Å²) in [7, 11) is 0. The van der Waals surface area contributed by atoms with E-state index >= 15 is 0 Å². The zero-order valence-electron chi connectivity index (χ0n) is 25.8. The molecule has 0 bridgehead atoms.